The maximum atomic E-state index is 11.7. The number of hydrogen-bond donors (Lipinski definition) is 1. The van der Waals surface area contributed by atoms with Crippen LogP contribution in [0.2, 0.25) is 0 Å². The number of carbonyl (C=O) groups is 2. The molecular formula is C14H13BrN2O4. The van der Waals surface area contributed by atoms with E-state index in [0.717, 1.165) is 10.0 Å². The Kier molecular flexibility index (Phi) is 4.74. The van der Waals surface area contributed by atoms with E-state index in [4.69, 9.17) is 9.26 Å². The molecule has 0 unspecified atom stereocenters. The molecule has 6 nitrogen and oxygen atoms in total. The van der Waals surface area contributed by atoms with E-state index in [-0.39, 0.29) is 5.76 Å². The van der Waals surface area contributed by atoms with Crippen LogP contribution in [0.4, 0.5) is 5.69 Å². The molecule has 1 amide bonds. The van der Waals surface area contributed by atoms with Crippen LogP contribution >= 0.6 is 15.9 Å². The third-order valence-corrected chi connectivity index (χ3v) is 3.49. The van der Waals surface area contributed by atoms with E-state index in [9.17, 15) is 9.59 Å². The molecule has 0 spiro atoms. The third kappa shape index (κ3) is 4.16. The van der Waals surface area contributed by atoms with Crippen molar-refractivity contribution in [1.82, 2.24) is 5.16 Å². The summed E-state index contributed by atoms with van der Waals surface area (Å²) >= 11 is 3.37. The number of carbonyl (C=O) groups excluding carboxylic acids is 2. The molecule has 0 aliphatic carbocycles. The summed E-state index contributed by atoms with van der Waals surface area (Å²) in [6, 6.07) is 6.83. The highest BCUT2D eigenvalue weighted by Gasteiger charge is 2.15. The van der Waals surface area contributed by atoms with Crippen LogP contribution in [0.25, 0.3) is 0 Å². The first-order valence-electron chi connectivity index (χ1n) is 6.12. The van der Waals surface area contributed by atoms with Crippen molar-refractivity contribution in [3.05, 3.63) is 45.8 Å². The fraction of sp³-hybridized carbons (Fsp3) is 0.214. The summed E-state index contributed by atoms with van der Waals surface area (Å²) < 4.78 is 10.5. The van der Waals surface area contributed by atoms with Gasteiger partial charge in [0.05, 0.1) is 5.69 Å². The molecule has 21 heavy (non-hydrogen) atoms. The molecule has 1 N–H and O–H groups in total. The van der Waals surface area contributed by atoms with E-state index in [2.05, 4.69) is 26.4 Å². The normalized spacial score (nSPS) is 10.2. The van der Waals surface area contributed by atoms with Crippen molar-refractivity contribution < 1.29 is 18.8 Å². The summed E-state index contributed by atoms with van der Waals surface area (Å²) in [5.74, 6) is -1.18. The molecule has 0 radical (unpaired) electrons. The van der Waals surface area contributed by atoms with Crippen LogP contribution in [0.15, 0.2) is 33.3 Å². The minimum atomic E-state index is -0.724. The average molecular weight is 353 g/mol. The van der Waals surface area contributed by atoms with Gasteiger partial charge >= 0.3 is 5.97 Å². The van der Waals surface area contributed by atoms with Gasteiger partial charge in [-0.05, 0) is 37.6 Å². The number of hydrogen-bond acceptors (Lipinski definition) is 5. The molecule has 0 saturated heterocycles. The zero-order valence-electron chi connectivity index (χ0n) is 11.5. The highest BCUT2D eigenvalue weighted by molar-refractivity contribution is 9.10. The van der Waals surface area contributed by atoms with Gasteiger partial charge in [-0.15, -0.1) is 0 Å². The molecule has 2 rings (SSSR count). The van der Waals surface area contributed by atoms with Crippen LogP contribution in [-0.4, -0.2) is 23.6 Å². The van der Waals surface area contributed by atoms with Gasteiger partial charge in [-0.3, -0.25) is 4.79 Å². The third-order valence-electron chi connectivity index (χ3n) is 2.61. The van der Waals surface area contributed by atoms with E-state index in [1.165, 1.54) is 6.07 Å². The lowest BCUT2D eigenvalue weighted by molar-refractivity contribution is -0.119. The van der Waals surface area contributed by atoms with E-state index in [1.807, 2.05) is 19.1 Å². The summed E-state index contributed by atoms with van der Waals surface area (Å²) in [5.41, 5.74) is 2.19. The number of anilines is 1. The van der Waals surface area contributed by atoms with Gasteiger partial charge in [-0.1, -0.05) is 21.1 Å². The first kappa shape index (κ1) is 15.2. The molecule has 7 heteroatoms. The second kappa shape index (κ2) is 6.53. The number of ether oxygens (including phenoxy) is 1. The topological polar surface area (TPSA) is 81.4 Å². The predicted octanol–water partition coefficient (Wildman–Crippen LogP) is 2.85. The standard InChI is InChI=1S/C14H13BrN2O4/c1-8-5-10(3-4-11(8)15)16-13(18)7-20-14(19)12-6-9(2)17-21-12/h3-6H,7H2,1-2H3,(H,16,18). The highest BCUT2D eigenvalue weighted by atomic mass is 79.9. The number of rotatable bonds is 4. The van der Waals surface area contributed by atoms with Gasteiger partial charge in [0.25, 0.3) is 5.91 Å². The number of amides is 1. The van der Waals surface area contributed by atoms with Crippen molar-refractivity contribution in [3.8, 4) is 0 Å². The van der Waals surface area contributed by atoms with Crippen LogP contribution < -0.4 is 5.32 Å². The summed E-state index contributed by atoms with van der Waals surface area (Å²) in [4.78, 5) is 23.3. The van der Waals surface area contributed by atoms with Crippen molar-refractivity contribution in [2.75, 3.05) is 11.9 Å². The Labute approximate surface area is 129 Å². The number of aryl methyl sites for hydroxylation is 2. The maximum Gasteiger partial charge on any atom is 0.377 e. The van der Waals surface area contributed by atoms with Gasteiger partial charge < -0.3 is 14.6 Å². The minimum Gasteiger partial charge on any atom is -0.450 e. The Balaban J connectivity index is 1.87. The first-order chi connectivity index (χ1) is 9.95. The molecule has 1 aromatic carbocycles. The van der Waals surface area contributed by atoms with Crippen molar-refractivity contribution >= 4 is 33.5 Å². The Morgan fingerprint density at radius 2 is 2.10 bits per heavy atom. The lowest BCUT2D eigenvalue weighted by atomic mass is 10.2. The quantitative estimate of drug-likeness (QED) is 0.855. The molecule has 2 aromatic rings. The lowest BCUT2D eigenvalue weighted by Crippen LogP contribution is -2.20. The molecule has 110 valence electrons. The molecular weight excluding hydrogens is 340 g/mol. The molecule has 0 aliphatic rings. The van der Waals surface area contributed by atoms with Crippen molar-refractivity contribution in [3.63, 3.8) is 0 Å². The fourth-order valence-corrected chi connectivity index (χ4v) is 1.83. The Morgan fingerprint density at radius 3 is 2.71 bits per heavy atom. The average Bonchev–Trinajstić information content (AvgIpc) is 2.87. The van der Waals surface area contributed by atoms with E-state index in [1.54, 1.807) is 13.0 Å². The van der Waals surface area contributed by atoms with Crippen LogP contribution in [0.1, 0.15) is 21.8 Å². The smallest absolute Gasteiger partial charge is 0.377 e. The van der Waals surface area contributed by atoms with Gasteiger partial charge in [0.2, 0.25) is 5.76 Å². The second-order valence-corrected chi connectivity index (χ2v) is 5.28. The van der Waals surface area contributed by atoms with Gasteiger partial charge in [0.15, 0.2) is 6.61 Å². The summed E-state index contributed by atoms with van der Waals surface area (Å²) in [6.45, 7) is 3.20. The minimum absolute atomic E-state index is 0.0280. The highest BCUT2D eigenvalue weighted by Crippen LogP contribution is 2.19. The van der Waals surface area contributed by atoms with Gasteiger partial charge in [0, 0.05) is 16.2 Å². The SMILES string of the molecule is Cc1cc(C(=O)OCC(=O)Nc2ccc(Br)c(C)c2)on1. The fourth-order valence-electron chi connectivity index (χ4n) is 1.58. The van der Waals surface area contributed by atoms with Crippen LogP contribution in [0, 0.1) is 13.8 Å². The Bertz CT molecular complexity index is 681. The number of esters is 1. The van der Waals surface area contributed by atoms with Crippen LogP contribution in [0.5, 0.6) is 0 Å². The second-order valence-electron chi connectivity index (χ2n) is 4.42. The zero-order chi connectivity index (χ0) is 15.4. The van der Waals surface area contributed by atoms with Crippen molar-refractivity contribution in [2.45, 2.75) is 13.8 Å². The Hall–Kier alpha value is -2.15. The summed E-state index contributed by atoms with van der Waals surface area (Å²) in [6.07, 6.45) is 0. The number of aromatic nitrogens is 1. The predicted molar refractivity (Wildman–Crippen MR) is 79.0 cm³/mol. The van der Waals surface area contributed by atoms with Crippen molar-refractivity contribution in [1.29, 1.82) is 0 Å². The van der Waals surface area contributed by atoms with Crippen LogP contribution in [-0.2, 0) is 9.53 Å². The number of nitrogens with one attached hydrogen (secondary N) is 1. The summed E-state index contributed by atoms with van der Waals surface area (Å²) in [7, 11) is 0. The number of nitrogens with zero attached hydrogens (tertiary/aromatic N) is 1. The van der Waals surface area contributed by atoms with E-state index >= 15 is 0 Å². The van der Waals surface area contributed by atoms with Gasteiger partial charge in [-0.2, -0.15) is 0 Å². The molecule has 1 aromatic heterocycles. The summed E-state index contributed by atoms with van der Waals surface area (Å²) in [5, 5.41) is 6.21. The molecule has 0 atom stereocenters. The first-order valence-corrected chi connectivity index (χ1v) is 6.91. The van der Waals surface area contributed by atoms with Crippen LogP contribution in [0.3, 0.4) is 0 Å². The number of halogens is 1. The zero-order valence-corrected chi connectivity index (χ0v) is 13.1. The van der Waals surface area contributed by atoms with E-state index in [0.29, 0.717) is 11.4 Å². The number of benzene rings is 1. The molecule has 0 saturated carbocycles. The largest absolute Gasteiger partial charge is 0.450 e. The molecule has 0 aliphatic heterocycles. The molecule has 0 fully saturated rings. The Morgan fingerprint density at radius 1 is 1.33 bits per heavy atom. The molecule has 0 bridgehead atoms. The lowest BCUT2D eigenvalue weighted by Gasteiger charge is -2.07. The van der Waals surface area contributed by atoms with Gasteiger partial charge in [-0.25, -0.2) is 4.79 Å². The molecule has 1 heterocycles. The van der Waals surface area contributed by atoms with Crippen molar-refractivity contribution in [2.24, 2.45) is 0 Å². The maximum absolute atomic E-state index is 11.7. The monoisotopic (exact) mass is 352 g/mol. The van der Waals surface area contributed by atoms with E-state index < -0.39 is 18.5 Å². The van der Waals surface area contributed by atoms with Gasteiger partial charge in [0.1, 0.15) is 0 Å².